The Hall–Kier alpha value is -0.610. The highest BCUT2D eigenvalue weighted by Gasteiger charge is 2.20. The highest BCUT2D eigenvalue weighted by molar-refractivity contribution is 5.78. The number of amides is 1. The smallest absolute Gasteiger partial charge is 0.236 e. The van der Waals surface area contributed by atoms with E-state index >= 15 is 0 Å². The van der Waals surface area contributed by atoms with Crippen LogP contribution in [0.2, 0.25) is 0 Å². The Morgan fingerprint density at radius 1 is 1.33 bits per heavy atom. The molecule has 1 N–H and O–H groups in total. The largest absolute Gasteiger partial charge is 0.342 e. The van der Waals surface area contributed by atoms with Crippen LogP contribution in [0.15, 0.2) is 0 Å². The molecule has 0 aromatic heterocycles. The van der Waals surface area contributed by atoms with E-state index in [0.717, 1.165) is 32.1 Å². The lowest BCUT2D eigenvalue weighted by atomic mass is 9.97. The van der Waals surface area contributed by atoms with Gasteiger partial charge in [0.15, 0.2) is 0 Å². The third kappa shape index (κ3) is 4.94. The molecule has 0 aromatic rings. The maximum absolute atomic E-state index is 12.1. The minimum Gasteiger partial charge on any atom is -0.342 e. The molecular weight excluding hydrogens is 226 g/mol. The number of hydrogen-bond donors (Lipinski definition) is 1. The van der Waals surface area contributed by atoms with Gasteiger partial charge in [-0.05, 0) is 52.2 Å². The van der Waals surface area contributed by atoms with Crippen LogP contribution in [-0.2, 0) is 4.79 Å². The molecular formula is C14H29N3O. The molecule has 0 aromatic carbocycles. The van der Waals surface area contributed by atoms with Crippen LogP contribution in [-0.4, -0.2) is 61.5 Å². The van der Waals surface area contributed by atoms with Gasteiger partial charge in [0.25, 0.3) is 0 Å². The normalized spacial score (nSPS) is 17.4. The lowest BCUT2D eigenvalue weighted by molar-refractivity contribution is -0.132. The molecule has 1 rings (SSSR count). The second-order valence-electron chi connectivity index (χ2n) is 5.62. The van der Waals surface area contributed by atoms with Gasteiger partial charge in [0.2, 0.25) is 5.91 Å². The molecule has 0 spiro atoms. The quantitative estimate of drug-likeness (QED) is 0.774. The summed E-state index contributed by atoms with van der Waals surface area (Å²) in [5.74, 6) is 0.990. The minimum absolute atomic E-state index is 0.237. The zero-order chi connectivity index (χ0) is 13.5. The Balaban J connectivity index is 2.38. The van der Waals surface area contributed by atoms with E-state index in [-0.39, 0.29) is 11.9 Å². The first kappa shape index (κ1) is 15.4. The monoisotopic (exact) mass is 255 g/mol. The molecule has 4 nitrogen and oxygen atoms in total. The molecule has 1 fully saturated rings. The van der Waals surface area contributed by atoms with Crippen molar-refractivity contribution in [3.05, 3.63) is 0 Å². The van der Waals surface area contributed by atoms with Gasteiger partial charge in [0.1, 0.15) is 0 Å². The average Bonchev–Trinajstić information content (AvgIpc) is 2.37. The van der Waals surface area contributed by atoms with Gasteiger partial charge in [0.05, 0.1) is 6.54 Å². The number of hydrogen-bond acceptors (Lipinski definition) is 3. The summed E-state index contributed by atoms with van der Waals surface area (Å²) in [4.78, 5) is 16.2. The van der Waals surface area contributed by atoms with Crippen LogP contribution in [0, 0.1) is 5.92 Å². The Bertz CT molecular complexity index is 249. The van der Waals surface area contributed by atoms with E-state index in [1.807, 2.05) is 11.9 Å². The fourth-order valence-corrected chi connectivity index (χ4v) is 2.33. The molecule has 1 amide bonds. The summed E-state index contributed by atoms with van der Waals surface area (Å²) in [6.45, 7) is 11.1. The Morgan fingerprint density at radius 3 is 2.44 bits per heavy atom. The Morgan fingerprint density at radius 2 is 1.94 bits per heavy atom. The molecule has 0 radical (unpaired) electrons. The van der Waals surface area contributed by atoms with Crippen molar-refractivity contribution in [2.75, 3.05) is 39.8 Å². The molecule has 0 saturated carbocycles. The van der Waals surface area contributed by atoms with Gasteiger partial charge in [0, 0.05) is 19.6 Å². The summed E-state index contributed by atoms with van der Waals surface area (Å²) >= 11 is 0. The van der Waals surface area contributed by atoms with Gasteiger partial charge >= 0.3 is 0 Å². The van der Waals surface area contributed by atoms with Crippen LogP contribution in [0.3, 0.4) is 0 Å². The number of piperidine rings is 1. The van der Waals surface area contributed by atoms with Crippen LogP contribution in [0.5, 0.6) is 0 Å². The van der Waals surface area contributed by atoms with Crippen LogP contribution in [0.25, 0.3) is 0 Å². The molecule has 0 atom stereocenters. The molecule has 1 aliphatic rings. The van der Waals surface area contributed by atoms with Crippen molar-refractivity contribution in [2.24, 2.45) is 5.92 Å². The highest BCUT2D eigenvalue weighted by atomic mass is 16.2. The van der Waals surface area contributed by atoms with E-state index in [4.69, 9.17) is 0 Å². The number of likely N-dealkylation sites (N-methyl/N-ethyl adjacent to an activating group) is 2. The number of carbonyl (C=O) groups is 1. The summed E-state index contributed by atoms with van der Waals surface area (Å²) in [7, 11) is 1.89. The van der Waals surface area contributed by atoms with Gasteiger partial charge in [-0.15, -0.1) is 0 Å². The summed E-state index contributed by atoms with van der Waals surface area (Å²) in [6.07, 6.45) is 2.48. The lowest BCUT2D eigenvalue weighted by Crippen LogP contribution is -2.44. The van der Waals surface area contributed by atoms with Crippen molar-refractivity contribution in [1.82, 2.24) is 15.1 Å². The molecule has 4 heteroatoms. The van der Waals surface area contributed by atoms with Crippen LogP contribution < -0.4 is 5.32 Å². The second kappa shape index (κ2) is 7.74. The third-order valence-corrected chi connectivity index (χ3v) is 3.95. The van der Waals surface area contributed by atoms with Crippen molar-refractivity contribution in [3.63, 3.8) is 0 Å². The van der Waals surface area contributed by atoms with Gasteiger partial charge in [-0.3, -0.25) is 9.69 Å². The SMILES string of the molecule is CCN(CC(=O)N(C)C(C)C)CC1CCNCC1. The van der Waals surface area contributed by atoms with Crippen molar-refractivity contribution in [2.45, 2.75) is 39.7 Å². The first-order valence-electron chi connectivity index (χ1n) is 7.23. The Labute approximate surface area is 112 Å². The van der Waals surface area contributed by atoms with Gasteiger partial charge in [-0.25, -0.2) is 0 Å². The van der Waals surface area contributed by atoms with E-state index in [2.05, 4.69) is 31.0 Å². The standard InChI is InChI=1S/C14H29N3O/c1-5-17(10-13-6-8-15-9-7-13)11-14(18)16(4)12(2)3/h12-13,15H,5-11H2,1-4H3. The number of carbonyl (C=O) groups excluding carboxylic acids is 1. The molecule has 106 valence electrons. The first-order valence-corrected chi connectivity index (χ1v) is 7.23. The summed E-state index contributed by atoms with van der Waals surface area (Å²) in [6, 6.07) is 0.287. The van der Waals surface area contributed by atoms with Crippen LogP contribution in [0.1, 0.15) is 33.6 Å². The summed E-state index contributed by atoms with van der Waals surface area (Å²) < 4.78 is 0. The zero-order valence-corrected chi connectivity index (χ0v) is 12.4. The van der Waals surface area contributed by atoms with Crippen molar-refractivity contribution in [3.8, 4) is 0 Å². The maximum Gasteiger partial charge on any atom is 0.236 e. The zero-order valence-electron chi connectivity index (χ0n) is 12.4. The van der Waals surface area contributed by atoms with E-state index in [1.165, 1.54) is 12.8 Å². The van der Waals surface area contributed by atoms with Crippen LogP contribution >= 0.6 is 0 Å². The van der Waals surface area contributed by atoms with E-state index in [0.29, 0.717) is 6.54 Å². The lowest BCUT2D eigenvalue weighted by Gasteiger charge is -2.31. The molecule has 1 saturated heterocycles. The molecule has 18 heavy (non-hydrogen) atoms. The maximum atomic E-state index is 12.1. The molecule has 0 aliphatic carbocycles. The van der Waals surface area contributed by atoms with E-state index < -0.39 is 0 Å². The number of nitrogens with one attached hydrogen (secondary N) is 1. The minimum atomic E-state index is 0.237. The highest BCUT2D eigenvalue weighted by Crippen LogP contribution is 2.13. The fourth-order valence-electron chi connectivity index (χ4n) is 2.33. The molecule has 0 unspecified atom stereocenters. The molecule has 1 aliphatic heterocycles. The predicted octanol–water partition coefficient (Wildman–Crippen LogP) is 1.17. The van der Waals surface area contributed by atoms with Crippen LogP contribution in [0.4, 0.5) is 0 Å². The average molecular weight is 255 g/mol. The van der Waals surface area contributed by atoms with Crippen molar-refractivity contribution < 1.29 is 4.79 Å². The topological polar surface area (TPSA) is 35.6 Å². The van der Waals surface area contributed by atoms with Crippen molar-refractivity contribution in [1.29, 1.82) is 0 Å². The number of rotatable bonds is 6. The predicted molar refractivity (Wildman–Crippen MR) is 75.6 cm³/mol. The van der Waals surface area contributed by atoms with E-state index in [1.54, 1.807) is 0 Å². The second-order valence-corrected chi connectivity index (χ2v) is 5.62. The van der Waals surface area contributed by atoms with Gasteiger partial charge in [-0.1, -0.05) is 6.92 Å². The molecule has 0 bridgehead atoms. The molecule has 1 heterocycles. The fraction of sp³-hybridized carbons (Fsp3) is 0.929. The Kier molecular flexibility index (Phi) is 6.65. The van der Waals surface area contributed by atoms with Crippen molar-refractivity contribution >= 4 is 5.91 Å². The first-order chi connectivity index (χ1) is 8.54. The van der Waals surface area contributed by atoms with Gasteiger partial charge in [-0.2, -0.15) is 0 Å². The summed E-state index contributed by atoms with van der Waals surface area (Å²) in [5.41, 5.74) is 0. The van der Waals surface area contributed by atoms with E-state index in [9.17, 15) is 4.79 Å². The third-order valence-electron chi connectivity index (χ3n) is 3.95. The number of nitrogens with zero attached hydrogens (tertiary/aromatic N) is 2. The van der Waals surface area contributed by atoms with Gasteiger partial charge < -0.3 is 10.2 Å². The summed E-state index contributed by atoms with van der Waals surface area (Å²) in [5, 5.41) is 3.39.